The molecule has 0 radical (unpaired) electrons. The van der Waals surface area contributed by atoms with Crippen LogP contribution in [0, 0.1) is 0 Å². The van der Waals surface area contributed by atoms with E-state index in [0.717, 1.165) is 40.4 Å². The van der Waals surface area contributed by atoms with E-state index in [0.29, 0.717) is 0 Å². The highest BCUT2D eigenvalue weighted by Crippen LogP contribution is 2.31. The number of hydrogen-bond donors (Lipinski definition) is 2. The molecule has 25 heavy (non-hydrogen) atoms. The summed E-state index contributed by atoms with van der Waals surface area (Å²) in [6.45, 7) is 0. The summed E-state index contributed by atoms with van der Waals surface area (Å²) in [6.07, 6.45) is 8.59. The molecule has 1 aliphatic heterocycles. The molecule has 2 aliphatic rings. The van der Waals surface area contributed by atoms with Crippen molar-refractivity contribution in [3.05, 3.63) is 77.6 Å². The molecule has 0 saturated carbocycles. The second kappa shape index (κ2) is 6.36. The number of pyridine rings is 1. The Labute approximate surface area is 146 Å². The maximum Gasteiger partial charge on any atom is 0.136 e. The summed E-state index contributed by atoms with van der Waals surface area (Å²) in [6, 6.07) is 11.2. The van der Waals surface area contributed by atoms with Crippen LogP contribution in [0.5, 0.6) is 5.75 Å². The second-order valence-electron chi connectivity index (χ2n) is 5.98. The molecule has 0 saturated heterocycles. The molecule has 124 valence electrons. The number of nitrogens with zero attached hydrogens (tertiary/aromatic N) is 3. The van der Waals surface area contributed by atoms with Gasteiger partial charge in [0.05, 0.1) is 6.04 Å². The van der Waals surface area contributed by atoms with Gasteiger partial charge < -0.3 is 10.4 Å². The molecule has 1 aromatic heterocycles. The van der Waals surface area contributed by atoms with Gasteiger partial charge in [-0.25, -0.2) is 0 Å². The van der Waals surface area contributed by atoms with Crippen molar-refractivity contribution in [2.45, 2.75) is 12.5 Å². The molecule has 2 N–H and O–H groups in total. The van der Waals surface area contributed by atoms with Crippen LogP contribution in [0.15, 0.2) is 76.5 Å². The summed E-state index contributed by atoms with van der Waals surface area (Å²) >= 11 is 0. The van der Waals surface area contributed by atoms with Crippen molar-refractivity contribution in [1.82, 2.24) is 10.3 Å². The summed E-state index contributed by atoms with van der Waals surface area (Å²) in [4.78, 5) is 13.4. The molecule has 5 nitrogen and oxygen atoms in total. The smallest absolute Gasteiger partial charge is 0.136 e. The molecule has 2 aromatic rings. The molecule has 0 spiro atoms. The van der Waals surface area contributed by atoms with Gasteiger partial charge in [-0.2, -0.15) is 0 Å². The van der Waals surface area contributed by atoms with Gasteiger partial charge in [-0.15, -0.1) is 0 Å². The number of allylic oxidation sites excluding steroid dienone is 2. The lowest BCUT2D eigenvalue weighted by molar-refractivity contribution is 0.475. The van der Waals surface area contributed by atoms with Crippen LogP contribution < -0.4 is 5.32 Å². The van der Waals surface area contributed by atoms with Crippen molar-refractivity contribution in [2.24, 2.45) is 9.98 Å². The van der Waals surface area contributed by atoms with E-state index in [2.05, 4.69) is 27.4 Å². The molecule has 1 aromatic carbocycles. The van der Waals surface area contributed by atoms with Crippen molar-refractivity contribution < 1.29 is 5.11 Å². The van der Waals surface area contributed by atoms with Gasteiger partial charge in [0.2, 0.25) is 0 Å². The minimum atomic E-state index is 0.0382. The number of aromatic nitrogens is 1. The fourth-order valence-corrected chi connectivity index (χ4v) is 3.13. The van der Waals surface area contributed by atoms with E-state index < -0.39 is 0 Å². The van der Waals surface area contributed by atoms with Crippen LogP contribution in [0.1, 0.15) is 17.5 Å². The first kappa shape index (κ1) is 15.3. The fourth-order valence-electron chi connectivity index (χ4n) is 3.13. The molecule has 1 aliphatic carbocycles. The quantitative estimate of drug-likeness (QED) is 0.889. The van der Waals surface area contributed by atoms with Gasteiger partial charge in [-0.3, -0.25) is 15.0 Å². The number of phenolic OH excluding ortho intramolecular Hbond substituents is 1. The third kappa shape index (κ3) is 2.96. The van der Waals surface area contributed by atoms with E-state index in [9.17, 15) is 5.11 Å². The Morgan fingerprint density at radius 1 is 1.20 bits per heavy atom. The maximum atomic E-state index is 9.72. The van der Waals surface area contributed by atoms with Crippen molar-refractivity contribution in [3.8, 4) is 5.75 Å². The zero-order chi connectivity index (χ0) is 17.2. The number of fused-ring (bicyclic) bond motifs is 1. The molecule has 0 bridgehead atoms. The van der Waals surface area contributed by atoms with Gasteiger partial charge >= 0.3 is 0 Å². The highest BCUT2D eigenvalue weighted by Gasteiger charge is 2.27. The van der Waals surface area contributed by atoms with Crippen LogP contribution in [0.3, 0.4) is 0 Å². The predicted molar refractivity (Wildman–Crippen MR) is 99.8 cm³/mol. The minimum absolute atomic E-state index is 0.0382. The largest absolute Gasteiger partial charge is 0.508 e. The summed E-state index contributed by atoms with van der Waals surface area (Å²) < 4.78 is 0. The van der Waals surface area contributed by atoms with Gasteiger partial charge in [0.1, 0.15) is 17.4 Å². The molecular weight excluding hydrogens is 312 g/mol. The minimum Gasteiger partial charge on any atom is -0.508 e. The fraction of sp³-hybridized carbons (Fsp3) is 0.150. The predicted octanol–water partition coefficient (Wildman–Crippen LogP) is 2.95. The van der Waals surface area contributed by atoms with E-state index in [1.165, 1.54) is 0 Å². The van der Waals surface area contributed by atoms with Crippen LogP contribution in [0.4, 0.5) is 0 Å². The lowest BCUT2D eigenvalue weighted by Crippen LogP contribution is -2.41. The topological polar surface area (TPSA) is 69.9 Å². The van der Waals surface area contributed by atoms with Gasteiger partial charge in [0.15, 0.2) is 0 Å². The van der Waals surface area contributed by atoms with Gasteiger partial charge in [-0.1, -0.05) is 18.2 Å². The van der Waals surface area contributed by atoms with E-state index in [4.69, 9.17) is 4.99 Å². The summed E-state index contributed by atoms with van der Waals surface area (Å²) in [5.74, 6) is 1.89. The average molecular weight is 330 g/mol. The molecule has 1 unspecified atom stereocenters. The Balaban J connectivity index is 1.71. The monoisotopic (exact) mass is 330 g/mol. The summed E-state index contributed by atoms with van der Waals surface area (Å²) in [7, 11) is 1.78. The first-order valence-electron chi connectivity index (χ1n) is 8.18. The van der Waals surface area contributed by atoms with E-state index in [1.807, 2.05) is 24.3 Å². The van der Waals surface area contributed by atoms with Gasteiger partial charge in [-0.05, 0) is 47.9 Å². The van der Waals surface area contributed by atoms with Crippen LogP contribution >= 0.6 is 0 Å². The highest BCUT2D eigenvalue weighted by molar-refractivity contribution is 6.18. The third-order valence-electron chi connectivity index (χ3n) is 4.36. The van der Waals surface area contributed by atoms with Crippen molar-refractivity contribution in [3.63, 3.8) is 0 Å². The lowest BCUT2D eigenvalue weighted by atomic mass is 9.89. The number of benzene rings is 1. The average Bonchev–Trinajstić information content (AvgIpc) is 2.67. The maximum absolute atomic E-state index is 9.72. The van der Waals surface area contributed by atoms with E-state index >= 15 is 0 Å². The Bertz CT molecular complexity index is 926. The number of nitrogens with one attached hydrogen (secondary N) is 1. The second-order valence-corrected chi connectivity index (χ2v) is 5.98. The third-order valence-corrected chi connectivity index (χ3v) is 4.36. The zero-order valence-corrected chi connectivity index (χ0v) is 13.8. The SMILES string of the molecule is CN=C1NC(c2cccnc2)=NC2CC=C(c3cccc(O)c3)C=C12. The molecule has 0 amide bonds. The number of aromatic hydroxyl groups is 1. The van der Waals surface area contributed by atoms with Crippen LogP contribution in [0.25, 0.3) is 5.57 Å². The zero-order valence-electron chi connectivity index (χ0n) is 13.8. The first-order chi connectivity index (χ1) is 12.2. The summed E-state index contributed by atoms with van der Waals surface area (Å²) in [5.41, 5.74) is 4.08. The first-order valence-corrected chi connectivity index (χ1v) is 8.18. The number of hydrogen-bond acceptors (Lipinski definition) is 4. The molecule has 4 rings (SSSR count). The Morgan fingerprint density at radius 3 is 2.84 bits per heavy atom. The Kier molecular flexibility index (Phi) is 3.90. The number of phenols is 1. The van der Waals surface area contributed by atoms with Gasteiger partial charge in [0.25, 0.3) is 0 Å². The molecule has 2 heterocycles. The van der Waals surface area contributed by atoms with Gasteiger partial charge in [0, 0.05) is 30.6 Å². The van der Waals surface area contributed by atoms with Crippen LogP contribution in [-0.4, -0.2) is 34.9 Å². The van der Waals surface area contributed by atoms with E-state index in [-0.39, 0.29) is 11.8 Å². The molecule has 5 heteroatoms. The van der Waals surface area contributed by atoms with Crippen molar-refractivity contribution >= 4 is 17.2 Å². The number of amidine groups is 2. The van der Waals surface area contributed by atoms with Crippen LogP contribution in [-0.2, 0) is 0 Å². The normalized spacial score (nSPS) is 20.9. The summed E-state index contributed by atoms with van der Waals surface area (Å²) in [5, 5.41) is 13.0. The van der Waals surface area contributed by atoms with E-state index in [1.54, 1.807) is 31.6 Å². The number of rotatable bonds is 2. The molecular formula is C20H18N4O. The van der Waals surface area contributed by atoms with Crippen LogP contribution in [0.2, 0.25) is 0 Å². The molecule has 1 atom stereocenters. The Morgan fingerprint density at radius 2 is 2.08 bits per heavy atom. The Hall–Kier alpha value is -3.21. The molecule has 0 fully saturated rings. The van der Waals surface area contributed by atoms with Crippen molar-refractivity contribution in [2.75, 3.05) is 7.05 Å². The highest BCUT2D eigenvalue weighted by atomic mass is 16.3. The number of aliphatic imine (C=N–C) groups is 2. The lowest BCUT2D eigenvalue weighted by Gasteiger charge is -2.28. The van der Waals surface area contributed by atoms with Crippen molar-refractivity contribution in [1.29, 1.82) is 0 Å². The standard InChI is InChI=1S/C20H18N4O/c1-21-20-17-11-14(13-4-2-6-16(25)10-13)7-8-18(17)23-19(24-20)15-5-3-9-22-12-15/h2-7,9-12,18,25H,8H2,1H3,(H,21,23,24).